The number of rotatable bonds is 4. The summed E-state index contributed by atoms with van der Waals surface area (Å²) in [5, 5.41) is 19.3. The predicted octanol–water partition coefficient (Wildman–Crippen LogP) is 1.95. The van der Waals surface area contributed by atoms with Crippen molar-refractivity contribution in [2.24, 2.45) is 11.3 Å². The van der Waals surface area contributed by atoms with E-state index >= 15 is 0 Å². The van der Waals surface area contributed by atoms with Crippen molar-refractivity contribution in [2.45, 2.75) is 52.1 Å². The molecule has 1 atom stereocenters. The molecular formula is C11H22O2. The molecule has 0 heterocycles. The minimum Gasteiger partial charge on any atom is -0.396 e. The van der Waals surface area contributed by atoms with E-state index in [-0.39, 0.29) is 18.1 Å². The number of aliphatic hydroxyl groups excluding tert-OH is 2. The molecule has 2 N–H and O–H groups in total. The van der Waals surface area contributed by atoms with Gasteiger partial charge in [0.25, 0.3) is 0 Å². The van der Waals surface area contributed by atoms with Crippen LogP contribution in [0.1, 0.15) is 46.0 Å². The zero-order chi connectivity index (χ0) is 9.90. The van der Waals surface area contributed by atoms with Crippen molar-refractivity contribution in [3.05, 3.63) is 0 Å². The SMILES string of the molecule is CC(C)C[C@H](O)C1(CO)CCCC1. The maximum Gasteiger partial charge on any atom is 0.0620 e. The average molecular weight is 186 g/mol. The van der Waals surface area contributed by atoms with Crippen molar-refractivity contribution >= 4 is 0 Å². The zero-order valence-corrected chi connectivity index (χ0v) is 8.79. The van der Waals surface area contributed by atoms with Gasteiger partial charge < -0.3 is 10.2 Å². The van der Waals surface area contributed by atoms with E-state index in [9.17, 15) is 10.2 Å². The quantitative estimate of drug-likeness (QED) is 0.704. The largest absolute Gasteiger partial charge is 0.396 e. The molecule has 2 nitrogen and oxygen atoms in total. The van der Waals surface area contributed by atoms with Gasteiger partial charge in [-0.05, 0) is 25.2 Å². The first-order valence-corrected chi connectivity index (χ1v) is 5.39. The molecule has 0 aromatic carbocycles. The highest BCUT2D eigenvalue weighted by Gasteiger charge is 2.39. The van der Waals surface area contributed by atoms with E-state index in [0.717, 1.165) is 32.1 Å². The Morgan fingerprint density at radius 1 is 1.23 bits per heavy atom. The van der Waals surface area contributed by atoms with Crippen LogP contribution in [0, 0.1) is 11.3 Å². The molecule has 0 amide bonds. The third kappa shape index (κ3) is 2.44. The van der Waals surface area contributed by atoms with Gasteiger partial charge in [-0.1, -0.05) is 26.7 Å². The van der Waals surface area contributed by atoms with Crippen molar-refractivity contribution in [3.63, 3.8) is 0 Å². The minimum absolute atomic E-state index is 0.154. The highest BCUT2D eigenvalue weighted by atomic mass is 16.3. The van der Waals surface area contributed by atoms with E-state index in [1.165, 1.54) is 0 Å². The molecule has 0 saturated heterocycles. The second-order valence-corrected chi connectivity index (χ2v) is 4.87. The summed E-state index contributed by atoms with van der Waals surface area (Å²) in [6.45, 7) is 4.38. The van der Waals surface area contributed by atoms with Crippen LogP contribution >= 0.6 is 0 Å². The molecule has 1 rings (SSSR count). The van der Waals surface area contributed by atoms with Crippen molar-refractivity contribution in [2.75, 3.05) is 6.61 Å². The van der Waals surface area contributed by atoms with E-state index in [1.54, 1.807) is 0 Å². The average Bonchev–Trinajstić information content (AvgIpc) is 2.51. The molecule has 13 heavy (non-hydrogen) atoms. The lowest BCUT2D eigenvalue weighted by Crippen LogP contribution is -2.36. The Hall–Kier alpha value is -0.0800. The first kappa shape index (κ1) is 11.0. The van der Waals surface area contributed by atoms with Crippen LogP contribution in [0.2, 0.25) is 0 Å². The van der Waals surface area contributed by atoms with Crippen LogP contribution < -0.4 is 0 Å². The van der Waals surface area contributed by atoms with E-state index < -0.39 is 0 Å². The first-order chi connectivity index (χ1) is 6.10. The van der Waals surface area contributed by atoms with Crippen molar-refractivity contribution in [1.29, 1.82) is 0 Å². The van der Waals surface area contributed by atoms with Crippen LogP contribution in [0.5, 0.6) is 0 Å². The van der Waals surface area contributed by atoms with Gasteiger partial charge in [0.2, 0.25) is 0 Å². The summed E-state index contributed by atoms with van der Waals surface area (Å²) in [5.41, 5.74) is -0.162. The van der Waals surface area contributed by atoms with Crippen molar-refractivity contribution in [3.8, 4) is 0 Å². The second kappa shape index (κ2) is 4.43. The third-order valence-corrected chi connectivity index (χ3v) is 3.32. The molecule has 1 aliphatic rings. The molecule has 1 fully saturated rings. The molecule has 1 saturated carbocycles. The molecule has 0 bridgehead atoms. The Morgan fingerprint density at radius 3 is 2.15 bits per heavy atom. The van der Waals surface area contributed by atoms with Gasteiger partial charge in [0, 0.05) is 5.41 Å². The molecule has 0 aromatic rings. The summed E-state index contributed by atoms with van der Waals surface area (Å²) in [6, 6.07) is 0. The Balaban J connectivity index is 2.54. The summed E-state index contributed by atoms with van der Waals surface area (Å²) in [5.74, 6) is 0.513. The van der Waals surface area contributed by atoms with Crippen molar-refractivity contribution < 1.29 is 10.2 Å². The summed E-state index contributed by atoms with van der Waals surface area (Å²) < 4.78 is 0. The van der Waals surface area contributed by atoms with E-state index in [0.29, 0.717) is 5.92 Å². The highest BCUT2D eigenvalue weighted by molar-refractivity contribution is 4.90. The van der Waals surface area contributed by atoms with Crippen LogP contribution in [0.3, 0.4) is 0 Å². The van der Waals surface area contributed by atoms with E-state index in [2.05, 4.69) is 13.8 Å². The lowest BCUT2D eigenvalue weighted by molar-refractivity contribution is -0.0243. The lowest BCUT2D eigenvalue weighted by atomic mass is 9.78. The normalized spacial score (nSPS) is 23.8. The summed E-state index contributed by atoms with van der Waals surface area (Å²) >= 11 is 0. The van der Waals surface area contributed by atoms with Crippen LogP contribution in [0.4, 0.5) is 0 Å². The molecule has 0 unspecified atom stereocenters. The van der Waals surface area contributed by atoms with Gasteiger partial charge in [-0.3, -0.25) is 0 Å². The first-order valence-electron chi connectivity index (χ1n) is 5.39. The number of aliphatic hydroxyl groups is 2. The molecule has 0 aromatic heterocycles. The molecular weight excluding hydrogens is 164 g/mol. The fourth-order valence-corrected chi connectivity index (χ4v) is 2.37. The van der Waals surface area contributed by atoms with Crippen LogP contribution in [0.25, 0.3) is 0 Å². The zero-order valence-electron chi connectivity index (χ0n) is 8.79. The van der Waals surface area contributed by atoms with Gasteiger partial charge in [-0.15, -0.1) is 0 Å². The van der Waals surface area contributed by atoms with E-state index in [4.69, 9.17) is 0 Å². The topological polar surface area (TPSA) is 40.5 Å². The van der Waals surface area contributed by atoms with Gasteiger partial charge in [0.1, 0.15) is 0 Å². The minimum atomic E-state index is -0.306. The maximum absolute atomic E-state index is 10.0. The van der Waals surface area contributed by atoms with Crippen molar-refractivity contribution in [1.82, 2.24) is 0 Å². The van der Waals surface area contributed by atoms with Gasteiger partial charge >= 0.3 is 0 Å². The molecule has 0 aliphatic heterocycles. The van der Waals surface area contributed by atoms with Gasteiger partial charge in [-0.2, -0.15) is 0 Å². The Kier molecular flexibility index (Phi) is 3.74. The van der Waals surface area contributed by atoms with Crippen LogP contribution in [-0.4, -0.2) is 22.9 Å². The maximum atomic E-state index is 10.0. The Morgan fingerprint density at radius 2 is 1.77 bits per heavy atom. The second-order valence-electron chi connectivity index (χ2n) is 4.87. The lowest BCUT2D eigenvalue weighted by Gasteiger charge is -2.33. The fraction of sp³-hybridized carbons (Fsp3) is 1.00. The molecule has 0 radical (unpaired) electrons. The van der Waals surface area contributed by atoms with Gasteiger partial charge in [0.15, 0.2) is 0 Å². The molecule has 78 valence electrons. The number of hydrogen-bond donors (Lipinski definition) is 2. The summed E-state index contributed by atoms with van der Waals surface area (Å²) in [6.07, 6.45) is 4.83. The van der Waals surface area contributed by atoms with Gasteiger partial charge in [-0.25, -0.2) is 0 Å². The van der Waals surface area contributed by atoms with Gasteiger partial charge in [0.05, 0.1) is 12.7 Å². The summed E-state index contributed by atoms with van der Waals surface area (Å²) in [4.78, 5) is 0. The monoisotopic (exact) mass is 186 g/mol. The van der Waals surface area contributed by atoms with Crippen LogP contribution in [0.15, 0.2) is 0 Å². The number of hydrogen-bond acceptors (Lipinski definition) is 2. The summed E-state index contributed by atoms with van der Waals surface area (Å²) in [7, 11) is 0. The molecule has 1 aliphatic carbocycles. The Labute approximate surface area is 81.0 Å². The third-order valence-electron chi connectivity index (χ3n) is 3.32. The predicted molar refractivity (Wildman–Crippen MR) is 53.4 cm³/mol. The standard InChI is InChI=1S/C11H22O2/c1-9(2)7-10(13)11(8-12)5-3-4-6-11/h9-10,12-13H,3-8H2,1-2H3/t10-/m0/s1. The Bertz CT molecular complexity index is 148. The molecule has 0 spiro atoms. The smallest absolute Gasteiger partial charge is 0.0620 e. The highest BCUT2D eigenvalue weighted by Crippen LogP contribution is 2.42. The van der Waals surface area contributed by atoms with Crippen LogP contribution in [-0.2, 0) is 0 Å². The molecule has 2 heteroatoms. The van der Waals surface area contributed by atoms with E-state index in [1.807, 2.05) is 0 Å². The fourth-order valence-electron chi connectivity index (χ4n) is 2.37.